The minimum atomic E-state index is -3.36. The van der Waals surface area contributed by atoms with Gasteiger partial charge in [0.1, 0.15) is 6.04 Å². The number of para-hydroxylation sites is 1. The zero-order valence-electron chi connectivity index (χ0n) is 15.6. The molecule has 9 heteroatoms. The fourth-order valence-corrected chi connectivity index (χ4v) is 3.57. The Hall–Kier alpha value is -3.20. The Morgan fingerprint density at radius 2 is 1.89 bits per heavy atom. The van der Waals surface area contributed by atoms with Crippen LogP contribution in [0.3, 0.4) is 0 Å². The fraction of sp³-hybridized carbons (Fsp3) is 0.211. The van der Waals surface area contributed by atoms with Gasteiger partial charge < -0.3 is 9.84 Å². The van der Waals surface area contributed by atoms with Gasteiger partial charge in [-0.25, -0.2) is 13.4 Å². The van der Waals surface area contributed by atoms with E-state index >= 15 is 0 Å². The Kier molecular flexibility index (Phi) is 5.19. The van der Waals surface area contributed by atoms with Gasteiger partial charge in [-0.05, 0) is 29.8 Å². The molecular formula is C19H21N3O5S. The number of aromatic hydroxyl groups is 1. The molecule has 1 unspecified atom stereocenters. The van der Waals surface area contributed by atoms with Crippen molar-refractivity contribution in [3.63, 3.8) is 0 Å². The van der Waals surface area contributed by atoms with Gasteiger partial charge in [0.05, 0.1) is 19.1 Å². The van der Waals surface area contributed by atoms with Gasteiger partial charge in [0.2, 0.25) is 15.9 Å². The second-order valence-corrected chi connectivity index (χ2v) is 8.12. The number of carbonyl (C=O) groups excluding carboxylic acids is 1. The minimum absolute atomic E-state index is 0.0340. The molecule has 3 N–H and O–H groups in total. The lowest BCUT2D eigenvalue weighted by atomic mass is 10.0. The molecule has 1 amide bonds. The van der Waals surface area contributed by atoms with Crippen LogP contribution in [0, 0.1) is 0 Å². The van der Waals surface area contributed by atoms with Gasteiger partial charge in [0, 0.05) is 18.2 Å². The molecule has 1 atom stereocenters. The molecule has 0 aliphatic carbocycles. The number of methoxy groups -OCH3 is 1. The lowest BCUT2D eigenvalue weighted by Gasteiger charge is -2.25. The molecule has 3 rings (SSSR count). The van der Waals surface area contributed by atoms with Gasteiger partial charge in [-0.15, -0.1) is 0 Å². The lowest BCUT2D eigenvalue weighted by molar-refractivity contribution is -0.132. The summed E-state index contributed by atoms with van der Waals surface area (Å²) in [5, 5.41) is 11.9. The summed E-state index contributed by atoms with van der Waals surface area (Å²) in [4.78, 5) is 12.1. The molecule has 1 aliphatic heterocycles. The van der Waals surface area contributed by atoms with Gasteiger partial charge in [0.25, 0.3) is 0 Å². The van der Waals surface area contributed by atoms with Crippen LogP contribution < -0.4 is 14.9 Å². The number of rotatable bonds is 5. The van der Waals surface area contributed by atoms with Crippen molar-refractivity contribution in [2.75, 3.05) is 18.1 Å². The van der Waals surface area contributed by atoms with Gasteiger partial charge in [0.15, 0.2) is 11.5 Å². The van der Waals surface area contributed by atoms with E-state index in [1.807, 2.05) is 6.08 Å². The van der Waals surface area contributed by atoms with Gasteiger partial charge in [-0.3, -0.25) is 14.9 Å². The Labute approximate surface area is 163 Å². The zero-order valence-corrected chi connectivity index (χ0v) is 16.4. The number of hydrogen-bond donors (Lipinski definition) is 3. The first-order valence-electron chi connectivity index (χ1n) is 8.42. The van der Waals surface area contributed by atoms with Crippen molar-refractivity contribution in [1.29, 1.82) is 0 Å². The maximum atomic E-state index is 12.1. The van der Waals surface area contributed by atoms with E-state index in [0.717, 1.165) is 11.8 Å². The summed E-state index contributed by atoms with van der Waals surface area (Å²) in [7, 11) is -1.90. The largest absolute Gasteiger partial charge is 0.504 e. The predicted octanol–water partition coefficient (Wildman–Crippen LogP) is 2.22. The van der Waals surface area contributed by atoms with Crippen LogP contribution in [0.25, 0.3) is 5.70 Å². The van der Waals surface area contributed by atoms with E-state index in [1.165, 1.54) is 19.0 Å². The number of amides is 1. The van der Waals surface area contributed by atoms with E-state index in [4.69, 9.17) is 4.74 Å². The number of sulfonamides is 1. The summed E-state index contributed by atoms with van der Waals surface area (Å²) >= 11 is 0. The first-order chi connectivity index (χ1) is 13.2. The molecule has 0 spiro atoms. The fourth-order valence-electron chi connectivity index (χ4n) is 3.01. The number of nitrogens with one attached hydrogen (secondary N) is 2. The second kappa shape index (κ2) is 7.43. The summed E-state index contributed by atoms with van der Waals surface area (Å²) in [6.07, 6.45) is 2.90. The predicted molar refractivity (Wildman–Crippen MR) is 106 cm³/mol. The number of hydrazine groups is 1. The molecule has 1 aliphatic rings. The summed E-state index contributed by atoms with van der Waals surface area (Å²) < 4.78 is 30.2. The third-order valence-corrected chi connectivity index (χ3v) is 4.86. The van der Waals surface area contributed by atoms with E-state index in [2.05, 4.69) is 10.1 Å². The zero-order chi connectivity index (χ0) is 20.5. The van der Waals surface area contributed by atoms with E-state index in [1.54, 1.807) is 42.5 Å². The Morgan fingerprint density at radius 3 is 2.46 bits per heavy atom. The van der Waals surface area contributed by atoms with Gasteiger partial charge in [-0.2, -0.15) is 0 Å². The van der Waals surface area contributed by atoms with E-state index in [0.29, 0.717) is 22.7 Å². The van der Waals surface area contributed by atoms with Crippen LogP contribution in [0.2, 0.25) is 0 Å². The third-order valence-electron chi connectivity index (χ3n) is 4.25. The monoisotopic (exact) mass is 403 g/mol. The number of ether oxygens (including phenoxy) is 1. The highest BCUT2D eigenvalue weighted by molar-refractivity contribution is 7.92. The highest BCUT2D eigenvalue weighted by Gasteiger charge is 2.31. The summed E-state index contributed by atoms with van der Waals surface area (Å²) in [6, 6.07) is 11.3. The number of phenolic OH excluding ortho intramolecular Hbond substituents is 1. The van der Waals surface area contributed by atoms with E-state index in [-0.39, 0.29) is 11.7 Å². The average molecular weight is 403 g/mol. The van der Waals surface area contributed by atoms with Crippen LogP contribution in [0.1, 0.15) is 24.1 Å². The van der Waals surface area contributed by atoms with Crippen molar-refractivity contribution in [2.24, 2.45) is 0 Å². The third kappa shape index (κ3) is 4.04. The Morgan fingerprint density at radius 1 is 1.21 bits per heavy atom. The second-order valence-electron chi connectivity index (χ2n) is 6.38. The van der Waals surface area contributed by atoms with Crippen molar-refractivity contribution in [3.8, 4) is 11.5 Å². The molecule has 0 saturated carbocycles. The van der Waals surface area contributed by atoms with E-state index < -0.39 is 16.1 Å². The number of nitrogens with zero attached hydrogens (tertiary/aromatic N) is 1. The standard InChI is InChI=1S/C19H21N3O5S/c1-12(23)22-17(15-5-4-6-18(27-2)19(15)24)11-16(20-22)13-7-9-14(10-8-13)21-28(3,25)26/h4-11,17,20-21,24H,1-3H3. The van der Waals surface area contributed by atoms with E-state index in [9.17, 15) is 18.3 Å². The highest BCUT2D eigenvalue weighted by atomic mass is 32.2. The molecule has 28 heavy (non-hydrogen) atoms. The highest BCUT2D eigenvalue weighted by Crippen LogP contribution is 2.39. The summed E-state index contributed by atoms with van der Waals surface area (Å²) in [6.45, 7) is 1.42. The number of phenols is 1. The number of carbonyl (C=O) groups is 1. The van der Waals surface area contributed by atoms with Crippen LogP contribution in [0.15, 0.2) is 48.5 Å². The Bertz CT molecular complexity index is 1030. The number of hydrogen-bond acceptors (Lipinski definition) is 6. The van der Waals surface area contributed by atoms with Crippen molar-refractivity contribution >= 4 is 27.3 Å². The van der Waals surface area contributed by atoms with Crippen molar-refractivity contribution in [2.45, 2.75) is 13.0 Å². The number of benzene rings is 2. The first-order valence-corrected chi connectivity index (χ1v) is 10.3. The van der Waals surface area contributed by atoms with Gasteiger partial charge >= 0.3 is 0 Å². The minimum Gasteiger partial charge on any atom is -0.504 e. The molecule has 1 heterocycles. The normalized spacial score (nSPS) is 16.3. The smallest absolute Gasteiger partial charge is 0.238 e. The molecule has 0 aromatic heterocycles. The van der Waals surface area contributed by atoms with Crippen LogP contribution in [-0.4, -0.2) is 37.8 Å². The quantitative estimate of drug-likeness (QED) is 0.707. The summed E-state index contributed by atoms with van der Waals surface area (Å²) in [5.74, 6) is 0.0566. The first kappa shape index (κ1) is 19.6. The SMILES string of the molecule is COc1cccc(C2C=C(c3ccc(NS(C)(=O)=O)cc3)NN2C(C)=O)c1O. The molecule has 0 radical (unpaired) electrons. The maximum absolute atomic E-state index is 12.1. The molecule has 8 nitrogen and oxygen atoms in total. The average Bonchev–Trinajstić information content (AvgIpc) is 3.06. The van der Waals surface area contributed by atoms with Crippen LogP contribution in [0.4, 0.5) is 5.69 Å². The van der Waals surface area contributed by atoms with Crippen LogP contribution >= 0.6 is 0 Å². The molecule has 0 fully saturated rings. The van der Waals surface area contributed by atoms with Crippen LogP contribution in [0.5, 0.6) is 11.5 Å². The maximum Gasteiger partial charge on any atom is 0.238 e. The Balaban J connectivity index is 1.95. The van der Waals surface area contributed by atoms with Crippen molar-refractivity contribution < 1.29 is 23.1 Å². The molecule has 2 aromatic rings. The lowest BCUT2D eigenvalue weighted by Crippen LogP contribution is -2.37. The van der Waals surface area contributed by atoms with Crippen LogP contribution in [-0.2, 0) is 14.8 Å². The summed E-state index contributed by atoms with van der Waals surface area (Å²) in [5.41, 5.74) is 5.42. The molecular weight excluding hydrogens is 382 g/mol. The van der Waals surface area contributed by atoms with Crippen molar-refractivity contribution in [1.82, 2.24) is 10.4 Å². The molecule has 2 aromatic carbocycles. The number of anilines is 1. The molecule has 0 saturated heterocycles. The topological polar surface area (TPSA) is 108 Å². The van der Waals surface area contributed by atoms with Crippen molar-refractivity contribution in [3.05, 3.63) is 59.7 Å². The van der Waals surface area contributed by atoms with Gasteiger partial charge in [-0.1, -0.05) is 24.3 Å². The molecule has 148 valence electrons. The molecule has 0 bridgehead atoms.